The Hall–Kier alpha value is -1.40. The van der Waals surface area contributed by atoms with Crippen molar-refractivity contribution in [1.29, 1.82) is 0 Å². The van der Waals surface area contributed by atoms with Gasteiger partial charge in [0.2, 0.25) is 5.91 Å². The van der Waals surface area contributed by atoms with Crippen LogP contribution < -0.4 is 5.32 Å². The second-order valence-electron chi connectivity index (χ2n) is 5.88. The van der Waals surface area contributed by atoms with E-state index >= 15 is 0 Å². The quantitative estimate of drug-likeness (QED) is 0.899. The molecule has 110 valence electrons. The number of carbonyl (C=O) groups is 2. The van der Waals surface area contributed by atoms with Gasteiger partial charge in [0.05, 0.1) is 17.8 Å². The van der Waals surface area contributed by atoms with Crippen molar-refractivity contribution >= 4 is 28.2 Å². The van der Waals surface area contributed by atoms with Gasteiger partial charge in [-0.25, -0.2) is 4.79 Å². The summed E-state index contributed by atoms with van der Waals surface area (Å²) < 4.78 is 5.70. The second kappa shape index (κ2) is 5.18. The average Bonchev–Trinajstić information content (AvgIpc) is 2.64. The molecule has 0 radical (unpaired) electrons. The SMILES string of the molecule is CC(C)C(=O)Nc1sc2c(c1C(=O)O)CC(C)(C)OC2. The molecule has 1 amide bonds. The predicted molar refractivity (Wildman–Crippen MR) is 77.3 cm³/mol. The number of thiophene rings is 1. The number of hydrogen-bond donors (Lipinski definition) is 2. The van der Waals surface area contributed by atoms with Gasteiger partial charge in [-0.2, -0.15) is 0 Å². The molecule has 6 heteroatoms. The summed E-state index contributed by atoms with van der Waals surface area (Å²) in [5, 5.41) is 12.6. The van der Waals surface area contributed by atoms with E-state index in [9.17, 15) is 14.7 Å². The van der Waals surface area contributed by atoms with Crippen LogP contribution in [0.4, 0.5) is 5.00 Å². The Bertz CT molecular complexity index is 560. The number of amides is 1. The first-order valence-electron chi connectivity index (χ1n) is 6.54. The van der Waals surface area contributed by atoms with Crippen LogP contribution in [0.25, 0.3) is 0 Å². The summed E-state index contributed by atoms with van der Waals surface area (Å²) in [6.45, 7) is 7.81. The fraction of sp³-hybridized carbons (Fsp3) is 0.571. The predicted octanol–water partition coefficient (Wildman–Crippen LogP) is 2.89. The Balaban J connectivity index is 2.42. The molecule has 0 bridgehead atoms. The average molecular weight is 297 g/mol. The molecule has 0 spiro atoms. The Morgan fingerprint density at radius 3 is 2.60 bits per heavy atom. The first-order valence-corrected chi connectivity index (χ1v) is 7.35. The summed E-state index contributed by atoms with van der Waals surface area (Å²) >= 11 is 1.30. The van der Waals surface area contributed by atoms with E-state index in [1.54, 1.807) is 13.8 Å². The molecular weight excluding hydrogens is 278 g/mol. The maximum absolute atomic E-state index is 11.8. The molecule has 5 nitrogen and oxygen atoms in total. The number of fused-ring (bicyclic) bond motifs is 1. The number of rotatable bonds is 3. The molecule has 0 fully saturated rings. The van der Waals surface area contributed by atoms with Crippen LogP contribution in [0, 0.1) is 5.92 Å². The zero-order chi connectivity index (χ0) is 15.1. The number of nitrogens with one attached hydrogen (secondary N) is 1. The molecule has 1 aliphatic heterocycles. The van der Waals surface area contributed by atoms with Crippen LogP contribution in [0.3, 0.4) is 0 Å². The summed E-state index contributed by atoms with van der Waals surface area (Å²) in [5.74, 6) is -1.37. The molecule has 0 saturated heterocycles. The molecule has 1 aromatic rings. The minimum Gasteiger partial charge on any atom is -0.478 e. The lowest BCUT2D eigenvalue weighted by Crippen LogP contribution is -2.31. The van der Waals surface area contributed by atoms with Gasteiger partial charge in [-0.3, -0.25) is 4.79 Å². The van der Waals surface area contributed by atoms with Crippen LogP contribution in [-0.4, -0.2) is 22.6 Å². The molecule has 2 heterocycles. The molecule has 0 atom stereocenters. The van der Waals surface area contributed by atoms with Gasteiger partial charge in [0, 0.05) is 17.2 Å². The summed E-state index contributed by atoms with van der Waals surface area (Å²) in [5.41, 5.74) is 0.630. The van der Waals surface area contributed by atoms with Gasteiger partial charge < -0.3 is 15.2 Å². The first-order chi connectivity index (χ1) is 9.21. The first kappa shape index (κ1) is 15.0. The van der Waals surface area contributed by atoms with Crippen LogP contribution in [0.5, 0.6) is 0 Å². The van der Waals surface area contributed by atoms with Gasteiger partial charge in [-0.1, -0.05) is 13.8 Å². The van der Waals surface area contributed by atoms with Crippen LogP contribution >= 0.6 is 11.3 Å². The van der Waals surface area contributed by atoms with E-state index < -0.39 is 5.97 Å². The van der Waals surface area contributed by atoms with Gasteiger partial charge in [0.25, 0.3) is 0 Å². The summed E-state index contributed by atoms with van der Waals surface area (Å²) in [7, 11) is 0. The smallest absolute Gasteiger partial charge is 0.339 e. The number of carboxylic acid groups (broad SMARTS) is 1. The highest BCUT2D eigenvalue weighted by Gasteiger charge is 2.33. The van der Waals surface area contributed by atoms with Gasteiger partial charge in [-0.15, -0.1) is 11.3 Å². The minimum absolute atomic E-state index is 0.175. The monoisotopic (exact) mass is 297 g/mol. The Morgan fingerprint density at radius 2 is 2.05 bits per heavy atom. The highest BCUT2D eigenvalue weighted by Crippen LogP contribution is 2.40. The zero-order valence-electron chi connectivity index (χ0n) is 12.1. The van der Waals surface area contributed by atoms with E-state index in [2.05, 4.69) is 5.32 Å². The standard InChI is InChI=1S/C14H19NO4S/c1-7(2)11(16)15-12-10(13(17)18)8-5-14(3,4)19-6-9(8)20-12/h7H,5-6H2,1-4H3,(H,15,16)(H,17,18). The minimum atomic E-state index is -1.00. The topological polar surface area (TPSA) is 75.6 Å². The Labute approximate surface area is 121 Å². The third kappa shape index (κ3) is 2.86. The normalized spacial score (nSPS) is 16.9. The largest absolute Gasteiger partial charge is 0.478 e. The zero-order valence-corrected chi connectivity index (χ0v) is 12.9. The Morgan fingerprint density at radius 1 is 1.40 bits per heavy atom. The fourth-order valence-corrected chi connectivity index (χ4v) is 3.25. The van der Waals surface area contributed by atoms with Crippen molar-refractivity contribution in [3.8, 4) is 0 Å². The van der Waals surface area contributed by atoms with Crippen molar-refractivity contribution in [2.24, 2.45) is 5.92 Å². The van der Waals surface area contributed by atoms with Crippen molar-refractivity contribution < 1.29 is 19.4 Å². The van der Waals surface area contributed by atoms with Gasteiger partial charge in [-0.05, 0) is 19.4 Å². The molecule has 0 unspecified atom stereocenters. The van der Waals surface area contributed by atoms with Crippen molar-refractivity contribution in [1.82, 2.24) is 0 Å². The van der Waals surface area contributed by atoms with E-state index in [0.717, 1.165) is 10.4 Å². The summed E-state index contributed by atoms with van der Waals surface area (Å²) in [6, 6.07) is 0. The van der Waals surface area contributed by atoms with Gasteiger partial charge in [0.1, 0.15) is 5.00 Å². The lowest BCUT2D eigenvalue weighted by Gasteiger charge is -2.30. The second-order valence-corrected chi connectivity index (χ2v) is 6.99. The van der Waals surface area contributed by atoms with E-state index in [1.165, 1.54) is 11.3 Å². The molecule has 1 aromatic heterocycles. The molecule has 0 aliphatic carbocycles. The number of aromatic carboxylic acids is 1. The number of carboxylic acids is 1. The lowest BCUT2D eigenvalue weighted by molar-refractivity contribution is -0.118. The number of anilines is 1. The molecule has 2 rings (SSSR count). The molecule has 0 saturated carbocycles. The molecule has 2 N–H and O–H groups in total. The van der Waals surface area contributed by atoms with E-state index in [-0.39, 0.29) is 23.0 Å². The van der Waals surface area contributed by atoms with Crippen LogP contribution in [0.2, 0.25) is 0 Å². The number of ether oxygens (including phenoxy) is 1. The summed E-state index contributed by atoms with van der Waals surface area (Å²) in [4.78, 5) is 24.2. The number of hydrogen-bond acceptors (Lipinski definition) is 4. The van der Waals surface area contributed by atoms with Crippen molar-refractivity contribution in [3.05, 3.63) is 16.0 Å². The fourth-order valence-electron chi connectivity index (χ4n) is 2.12. The summed E-state index contributed by atoms with van der Waals surface area (Å²) in [6.07, 6.45) is 0.540. The van der Waals surface area contributed by atoms with Gasteiger partial charge >= 0.3 is 5.97 Å². The Kier molecular flexibility index (Phi) is 3.88. The molecular formula is C14H19NO4S. The van der Waals surface area contributed by atoms with Crippen LogP contribution in [-0.2, 0) is 22.6 Å². The third-order valence-corrected chi connectivity index (χ3v) is 4.38. The van der Waals surface area contributed by atoms with Crippen LogP contribution in [0.1, 0.15) is 48.5 Å². The number of carbonyl (C=O) groups excluding carboxylic acids is 1. The third-order valence-electron chi connectivity index (χ3n) is 3.26. The van der Waals surface area contributed by atoms with Crippen molar-refractivity contribution in [2.45, 2.75) is 46.3 Å². The van der Waals surface area contributed by atoms with Crippen molar-refractivity contribution in [3.63, 3.8) is 0 Å². The van der Waals surface area contributed by atoms with E-state index in [0.29, 0.717) is 18.0 Å². The maximum Gasteiger partial charge on any atom is 0.339 e. The van der Waals surface area contributed by atoms with Gasteiger partial charge in [0.15, 0.2) is 0 Å². The van der Waals surface area contributed by atoms with E-state index in [1.807, 2.05) is 13.8 Å². The maximum atomic E-state index is 11.8. The van der Waals surface area contributed by atoms with Crippen molar-refractivity contribution in [2.75, 3.05) is 5.32 Å². The highest BCUT2D eigenvalue weighted by molar-refractivity contribution is 7.17. The highest BCUT2D eigenvalue weighted by atomic mass is 32.1. The lowest BCUT2D eigenvalue weighted by atomic mass is 9.93. The van der Waals surface area contributed by atoms with E-state index in [4.69, 9.17) is 4.74 Å². The molecule has 1 aliphatic rings. The molecule has 0 aromatic carbocycles. The van der Waals surface area contributed by atoms with Crippen LogP contribution in [0.15, 0.2) is 0 Å². The molecule has 20 heavy (non-hydrogen) atoms.